The number of benzene rings is 2. The Morgan fingerprint density at radius 2 is 1.68 bits per heavy atom. The van der Waals surface area contributed by atoms with E-state index in [4.69, 9.17) is 32.1 Å². The zero-order valence-corrected chi connectivity index (χ0v) is 30.1. The fraction of sp³-hybridized carbons (Fsp3) is 0.472. The highest BCUT2D eigenvalue weighted by Gasteiger charge is 2.48. The van der Waals surface area contributed by atoms with E-state index in [9.17, 15) is 9.00 Å². The number of hydrogen-bond acceptors (Lipinski definition) is 5. The number of nitrogens with zero attached hydrogens (tertiary/aromatic N) is 3. The molecule has 0 aliphatic heterocycles. The van der Waals surface area contributed by atoms with Crippen molar-refractivity contribution in [2.45, 2.75) is 81.3 Å². The van der Waals surface area contributed by atoms with E-state index < -0.39 is 17.2 Å². The average Bonchev–Trinajstić information content (AvgIpc) is 3.52. The number of nitrogens with one attached hydrogen (secondary N) is 2. The highest BCUT2D eigenvalue weighted by atomic mass is 35.5. The number of ether oxygens (including phenoxy) is 1. The summed E-state index contributed by atoms with van der Waals surface area (Å²) in [5, 5.41) is 3.19. The maximum absolute atomic E-state index is 14.1. The minimum absolute atomic E-state index is 0.0108. The normalized spacial score (nSPS) is 20.9. The number of carbonyl (C=O) groups excluding carboxylic acids is 1. The Labute approximate surface area is 285 Å². The highest BCUT2D eigenvalue weighted by Crippen LogP contribution is 2.50. The summed E-state index contributed by atoms with van der Waals surface area (Å²) in [5.74, 6) is 1.20. The predicted octanol–water partition coefficient (Wildman–Crippen LogP) is 9.50. The monoisotopic (exact) mass is 677 g/mol. The van der Waals surface area contributed by atoms with Crippen LogP contribution in [0.2, 0.25) is 5.15 Å². The standard InChI is InChI=1S/C36H44ClN5O4S/c1-20-11-12-22(3)27(19-20)46-47(44)41-24-15-13-23(14-16-24)32-39-33-28(29(38-10)31(37)42(33)40-32)34(43)45-30-25(35(4,5)6)17-21(2)18-26(30)36(7,8)9/h11-16,19,21,25-26,30,41H,17-18H2,1-9H3,(H,39,40). The van der Waals surface area contributed by atoms with Crippen LogP contribution < -0.4 is 8.91 Å². The van der Waals surface area contributed by atoms with Crippen molar-refractivity contribution in [3.05, 3.63) is 75.7 Å². The third-order valence-electron chi connectivity index (χ3n) is 9.26. The van der Waals surface area contributed by atoms with E-state index in [2.05, 4.69) is 63.1 Å². The van der Waals surface area contributed by atoms with Gasteiger partial charge in [0, 0.05) is 23.1 Å². The van der Waals surface area contributed by atoms with Crippen LogP contribution in [0.5, 0.6) is 5.75 Å². The van der Waals surface area contributed by atoms with E-state index in [0.717, 1.165) is 24.0 Å². The molecular formula is C36H44ClN5O4S. The van der Waals surface area contributed by atoms with Crippen molar-refractivity contribution in [3.63, 3.8) is 0 Å². The van der Waals surface area contributed by atoms with Crippen molar-refractivity contribution in [2.24, 2.45) is 28.6 Å². The molecule has 1 fully saturated rings. The Kier molecular flexibility index (Phi) is 9.55. The van der Waals surface area contributed by atoms with Crippen LogP contribution in [-0.2, 0) is 16.0 Å². The summed E-state index contributed by atoms with van der Waals surface area (Å²) in [6.45, 7) is 27.2. The van der Waals surface area contributed by atoms with Crippen molar-refractivity contribution in [1.82, 2.24) is 14.6 Å². The maximum atomic E-state index is 14.1. The first-order valence-corrected chi connectivity index (χ1v) is 17.4. The molecule has 1 saturated carbocycles. The molecule has 0 amide bonds. The van der Waals surface area contributed by atoms with Crippen molar-refractivity contribution < 1.29 is 17.9 Å². The molecule has 0 spiro atoms. The zero-order chi connectivity index (χ0) is 34.4. The van der Waals surface area contributed by atoms with Crippen LogP contribution in [0.15, 0.2) is 42.5 Å². The number of aryl methyl sites for hydroxylation is 2. The molecule has 0 saturated heterocycles. The number of rotatable bonds is 7. The van der Waals surface area contributed by atoms with Crippen LogP contribution in [0.1, 0.15) is 82.8 Å². The number of esters is 1. The Balaban J connectivity index is 1.41. The molecule has 47 heavy (non-hydrogen) atoms. The van der Waals surface area contributed by atoms with Gasteiger partial charge in [0.25, 0.3) is 0 Å². The van der Waals surface area contributed by atoms with E-state index in [1.54, 1.807) is 24.3 Å². The van der Waals surface area contributed by atoms with Crippen molar-refractivity contribution in [3.8, 4) is 17.1 Å². The van der Waals surface area contributed by atoms with E-state index in [-0.39, 0.29) is 50.8 Å². The fourth-order valence-electron chi connectivity index (χ4n) is 6.63. The van der Waals surface area contributed by atoms with E-state index >= 15 is 0 Å². The lowest BCUT2D eigenvalue weighted by Crippen LogP contribution is -2.49. The van der Waals surface area contributed by atoms with Gasteiger partial charge in [-0.3, -0.25) is 9.82 Å². The molecule has 1 aliphatic rings. The fourth-order valence-corrected chi connectivity index (χ4v) is 7.60. The molecule has 250 valence electrons. The molecule has 0 radical (unpaired) electrons. The Bertz CT molecular complexity index is 1840. The lowest BCUT2D eigenvalue weighted by Gasteiger charge is -2.50. The molecule has 2 heterocycles. The molecule has 0 bridgehead atoms. The number of H-pyrrole nitrogens is 1. The topological polar surface area (TPSA) is 102 Å². The van der Waals surface area contributed by atoms with Gasteiger partial charge in [-0.1, -0.05) is 72.2 Å². The quantitative estimate of drug-likeness (QED) is 0.150. The van der Waals surface area contributed by atoms with Gasteiger partial charge in [-0.15, -0.1) is 0 Å². The lowest BCUT2D eigenvalue weighted by molar-refractivity contribution is -0.0922. The summed E-state index contributed by atoms with van der Waals surface area (Å²) in [4.78, 5) is 22.4. The summed E-state index contributed by atoms with van der Waals surface area (Å²) in [5.41, 5.74) is 3.30. The van der Waals surface area contributed by atoms with Gasteiger partial charge < -0.3 is 8.92 Å². The largest absolute Gasteiger partial charge is 0.459 e. The van der Waals surface area contributed by atoms with Gasteiger partial charge in [0.2, 0.25) is 5.69 Å². The van der Waals surface area contributed by atoms with Crippen molar-refractivity contribution >= 4 is 45.9 Å². The van der Waals surface area contributed by atoms with Crippen LogP contribution in [0.3, 0.4) is 0 Å². The first-order valence-electron chi connectivity index (χ1n) is 15.9. The van der Waals surface area contributed by atoms with Crippen LogP contribution in [-0.4, -0.2) is 30.9 Å². The molecule has 1 aliphatic carbocycles. The Morgan fingerprint density at radius 1 is 1.06 bits per heavy atom. The Morgan fingerprint density at radius 3 is 2.26 bits per heavy atom. The van der Waals surface area contributed by atoms with Crippen LogP contribution in [0.25, 0.3) is 21.9 Å². The molecule has 3 atom stereocenters. The SMILES string of the molecule is [C-]#[N+]c1c(C(=O)OC2C(C(C)(C)C)CC(C)CC2C(C)(C)C)c2nc(-c3ccc(NS(=O)Oc4cc(C)ccc4C)cc3)[nH]n2c1Cl. The number of carbonyl (C=O) groups is 1. The molecular weight excluding hydrogens is 634 g/mol. The minimum Gasteiger partial charge on any atom is -0.459 e. The number of halogens is 1. The number of aromatic amines is 1. The molecule has 2 aromatic heterocycles. The van der Waals surface area contributed by atoms with Gasteiger partial charge in [-0.2, -0.15) is 4.21 Å². The van der Waals surface area contributed by atoms with Gasteiger partial charge >= 0.3 is 17.2 Å². The summed E-state index contributed by atoms with van der Waals surface area (Å²) in [7, 11) is 0. The van der Waals surface area contributed by atoms with E-state index in [1.165, 1.54) is 4.52 Å². The number of aromatic nitrogens is 3. The smallest absolute Gasteiger partial charge is 0.331 e. The molecule has 4 aromatic rings. The molecule has 11 heteroatoms. The van der Waals surface area contributed by atoms with E-state index in [0.29, 0.717) is 28.7 Å². The summed E-state index contributed by atoms with van der Waals surface area (Å²) >= 11 is 4.84. The van der Waals surface area contributed by atoms with Gasteiger partial charge in [0.15, 0.2) is 11.5 Å². The van der Waals surface area contributed by atoms with Crippen LogP contribution >= 0.6 is 11.6 Å². The molecule has 3 unspecified atom stereocenters. The second-order valence-electron chi connectivity index (χ2n) is 15.0. The summed E-state index contributed by atoms with van der Waals surface area (Å²) in [6.07, 6.45) is 1.59. The first kappa shape index (κ1) is 34.5. The van der Waals surface area contributed by atoms with Gasteiger partial charge in [0.1, 0.15) is 22.6 Å². The number of fused-ring (bicyclic) bond motifs is 1. The average molecular weight is 678 g/mol. The minimum atomic E-state index is -1.81. The van der Waals surface area contributed by atoms with Crippen LogP contribution in [0.4, 0.5) is 11.4 Å². The van der Waals surface area contributed by atoms with E-state index in [1.807, 2.05) is 32.0 Å². The van der Waals surface area contributed by atoms with Gasteiger partial charge in [-0.25, -0.2) is 19.1 Å². The second kappa shape index (κ2) is 13.0. The predicted molar refractivity (Wildman–Crippen MR) is 188 cm³/mol. The second-order valence-corrected chi connectivity index (χ2v) is 16.2. The Hall–Kier alpha value is -3.81. The van der Waals surface area contributed by atoms with Crippen molar-refractivity contribution in [2.75, 3.05) is 4.72 Å². The third kappa shape index (κ3) is 7.21. The molecule has 2 N–H and O–H groups in total. The van der Waals surface area contributed by atoms with Crippen molar-refractivity contribution in [1.29, 1.82) is 0 Å². The van der Waals surface area contributed by atoms with Gasteiger partial charge in [0.05, 0.1) is 6.57 Å². The summed E-state index contributed by atoms with van der Waals surface area (Å²) < 4.78 is 29.0. The molecule has 5 rings (SSSR count). The third-order valence-corrected chi connectivity index (χ3v) is 10.3. The van der Waals surface area contributed by atoms with Gasteiger partial charge in [-0.05, 0) is 84.9 Å². The lowest BCUT2D eigenvalue weighted by atomic mass is 9.59. The highest BCUT2D eigenvalue weighted by molar-refractivity contribution is 7.82. The maximum Gasteiger partial charge on any atom is 0.331 e. The number of anilines is 1. The number of hydrogen-bond donors (Lipinski definition) is 2. The zero-order valence-electron chi connectivity index (χ0n) is 28.5. The first-order chi connectivity index (χ1) is 22.0. The summed E-state index contributed by atoms with van der Waals surface area (Å²) in [6, 6.07) is 12.8. The molecule has 2 aromatic carbocycles. The van der Waals surface area contributed by atoms with Crippen LogP contribution in [0, 0.1) is 49.0 Å². The molecule has 9 nitrogen and oxygen atoms in total.